The maximum Gasteiger partial charge on any atom is 0.338 e. The van der Waals surface area contributed by atoms with Gasteiger partial charge in [-0.05, 0) is 17.7 Å². The van der Waals surface area contributed by atoms with E-state index < -0.39 is 17.9 Å². The molecule has 8 nitrogen and oxygen atoms in total. The summed E-state index contributed by atoms with van der Waals surface area (Å²) in [5.74, 6) is -2.21. The number of hydrogen-bond donors (Lipinski definition) is 1. The Kier molecular flexibility index (Phi) is 6.32. The number of benzene rings is 1. The molecule has 0 bridgehead atoms. The number of nitrogens with zero attached hydrogens (tertiary/aromatic N) is 1. The molecule has 1 aliphatic heterocycles. The van der Waals surface area contributed by atoms with Crippen LogP contribution in [-0.4, -0.2) is 33.3 Å². The lowest BCUT2D eigenvalue weighted by molar-refractivity contribution is -0.140. The molecule has 0 saturated carbocycles. The molecule has 1 unspecified atom stereocenters. The summed E-state index contributed by atoms with van der Waals surface area (Å²) in [7, 11) is 3.84. The van der Waals surface area contributed by atoms with Crippen LogP contribution >= 0.6 is 11.6 Å². The fourth-order valence-electron chi connectivity index (χ4n) is 2.68. The highest BCUT2D eigenvalue weighted by Crippen LogP contribution is 2.42. The molecule has 0 spiro atoms. The smallest absolute Gasteiger partial charge is 0.338 e. The van der Waals surface area contributed by atoms with Gasteiger partial charge in [0.1, 0.15) is 29.6 Å². The molecule has 0 radical (unpaired) electrons. The first-order valence-corrected chi connectivity index (χ1v) is 8.04. The minimum absolute atomic E-state index is 0.00903. The van der Waals surface area contributed by atoms with Crippen LogP contribution in [0.2, 0.25) is 5.02 Å². The quantitative estimate of drug-likeness (QED) is 0.756. The van der Waals surface area contributed by atoms with Gasteiger partial charge in [-0.2, -0.15) is 5.26 Å². The molecule has 0 aromatic heterocycles. The molecular formula is C18H17ClN2O6. The molecule has 1 atom stereocenters. The molecule has 1 aromatic carbocycles. The lowest BCUT2D eigenvalue weighted by Gasteiger charge is -2.27. The van der Waals surface area contributed by atoms with Crippen molar-refractivity contribution >= 4 is 23.5 Å². The molecule has 1 heterocycles. The zero-order valence-electron chi connectivity index (χ0n) is 14.9. The van der Waals surface area contributed by atoms with Gasteiger partial charge in [0.15, 0.2) is 0 Å². The van der Waals surface area contributed by atoms with Crippen LogP contribution in [0.4, 0.5) is 0 Å². The van der Waals surface area contributed by atoms with Gasteiger partial charge in [-0.25, -0.2) is 4.79 Å². The van der Waals surface area contributed by atoms with E-state index in [1.807, 2.05) is 6.07 Å². The van der Waals surface area contributed by atoms with Crippen LogP contribution < -0.4 is 10.5 Å². The molecule has 0 fully saturated rings. The number of esters is 2. The fraction of sp³-hybridized carbons (Fsp3) is 0.278. The molecule has 2 rings (SSSR count). The van der Waals surface area contributed by atoms with E-state index >= 15 is 0 Å². The van der Waals surface area contributed by atoms with E-state index in [4.69, 9.17) is 31.5 Å². The largest absolute Gasteiger partial charge is 0.495 e. The van der Waals surface area contributed by atoms with Crippen molar-refractivity contribution in [1.29, 1.82) is 5.26 Å². The third-order valence-electron chi connectivity index (χ3n) is 3.94. The Labute approximate surface area is 160 Å². The second-order valence-electron chi connectivity index (χ2n) is 5.40. The van der Waals surface area contributed by atoms with E-state index in [1.165, 1.54) is 21.3 Å². The lowest BCUT2D eigenvalue weighted by Crippen LogP contribution is -2.27. The highest BCUT2D eigenvalue weighted by Gasteiger charge is 2.38. The van der Waals surface area contributed by atoms with Crippen molar-refractivity contribution in [2.45, 2.75) is 12.3 Å². The van der Waals surface area contributed by atoms with E-state index in [2.05, 4.69) is 4.74 Å². The normalized spacial score (nSPS) is 16.3. The highest BCUT2D eigenvalue weighted by atomic mass is 35.5. The minimum atomic E-state index is -0.931. The van der Waals surface area contributed by atoms with Crippen LogP contribution in [0.15, 0.2) is 41.0 Å². The van der Waals surface area contributed by atoms with Crippen LogP contribution in [-0.2, 0) is 23.8 Å². The molecule has 1 aromatic rings. The molecule has 0 saturated heterocycles. The van der Waals surface area contributed by atoms with E-state index in [0.29, 0.717) is 11.3 Å². The zero-order chi connectivity index (χ0) is 20.1. The van der Waals surface area contributed by atoms with Crippen molar-refractivity contribution < 1.29 is 28.5 Å². The minimum Gasteiger partial charge on any atom is -0.495 e. The molecule has 2 N–H and O–H groups in total. The van der Waals surface area contributed by atoms with Gasteiger partial charge in [0.05, 0.1) is 37.8 Å². The second kappa shape index (κ2) is 8.47. The van der Waals surface area contributed by atoms with Gasteiger partial charge >= 0.3 is 11.9 Å². The number of ether oxygens (including phenoxy) is 4. The van der Waals surface area contributed by atoms with E-state index in [9.17, 15) is 14.9 Å². The van der Waals surface area contributed by atoms with Crippen LogP contribution in [0, 0.1) is 11.3 Å². The van der Waals surface area contributed by atoms with Crippen molar-refractivity contribution in [3.8, 4) is 11.8 Å². The van der Waals surface area contributed by atoms with E-state index in [0.717, 1.165) is 0 Å². The van der Waals surface area contributed by atoms with Crippen LogP contribution in [0.25, 0.3) is 0 Å². The highest BCUT2D eigenvalue weighted by molar-refractivity contribution is 6.32. The third-order valence-corrected chi connectivity index (χ3v) is 4.24. The van der Waals surface area contributed by atoms with Gasteiger partial charge in [0.25, 0.3) is 0 Å². The summed E-state index contributed by atoms with van der Waals surface area (Å²) in [6, 6.07) is 6.71. The van der Waals surface area contributed by atoms with Gasteiger partial charge in [0.2, 0.25) is 5.88 Å². The van der Waals surface area contributed by atoms with Gasteiger partial charge in [-0.1, -0.05) is 17.7 Å². The number of hydrogen-bond acceptors (Lipinski definition) is 8. The van der Waals surface area contributed by atoms with Crippen molar-refractivity contribution in [3.63, 3.8) is 0 Å². The molecule has 1 aliphatic rings. The third kappa shape index (κ3) is 3.99. The maximum atomic E-state index is 12.5. The van der Waals surface area contributed by atoms with E-state index in [-0.39, 0.29) is 34.2 Å². The van der Waals surface area contributed by atoms with Crippen molar-refractivity contribution in [2.75, 3.05) is 21.3 Å². The number of carbonyl (C=O) groups excluding carboxylic acids is 2. The topological polar surface area (TPSA) is 121 Å². The summed E-state index contributed by atoms with van der Waals surface area (Å²) >= 11 is 6.19. The number of allylic oxidation sites excluding steroid dienone is 1. The Hall–Kier alpha value is -3.18. The van der Waals surface area contributed by atoms with Crippen LogP contribution in [0.5, 0.6) is 5.75 Å². The first-order valence-electron chi connectivity index (χ1n) is 7.67. The summed E-state index contributed by atoms with van der Waals surface area (Å²) in [5.41, 5.74) is 6.30. The Bertz CT molecular complexity index is 884. The van der Waals surface area contributed by atoms with Crippen molar-refractivity contribution in [1.82, 2.24) is 0 Å². The van der Waals surface area contributed by atoms with Gasteiger partial charge < -0.3 is 24.7 Å². The van der Waals surface area contributed by atoms with Gasteiger partial charge in [-0.3, -0.25) is 4.79 Å². The van der Waals surface area contributed by atoms with E-state index in [1.54, 1.807) is 18.2 Å². The first-order chi connectivity index (χ1) is 12.9. The van der Waals surface area contributed by atoms with Gasteiger partial charge in [-0.15, -0.1) is 0 Å². The molecular weight excluding hydrogens is 376 g/mol. The number of nitriles is 1. The van der Waals surface area contributed by atoms with Crippen LogP contribution in [0.3, 0.4) is 0 Å². The van der Waals surface area contributed by atoms with Gasteiger partial charge in [0, 0.05) is 0 Å². The summed E-state index contributed by atoms with van der Waals surface area (Å²) in [5, 5.41) is 9.83. The molecule has 0 amide bonds. The fourth-order valence-corrected chi connectivity index (χ4v) is 2.95. The molecule has 0 aliphatic carbocycles. The first kappa shape index (κ1) is 20.1. The number of methoxy groups -OCH3 is 3. The Balaban J connectivity index is 2.70. The predicted molar refractivity (Wildman–Crippen MR) is 94.3 cm³/mol. The second-order valence-corrected chi connectivity index (χ2v) is 5.81. The maximum absolute atomic E-state index is 12.5. The number of nitrogens with two attached hydrogens (primary N) is 1. The number of carbonyl (C=O) groups is 2. The standard InChI is InChI=1S/C18H17ClN2O6/c1-24-12-5-4-9(6-11(12)19)15-10(8-20)17(21)27-13(7-14(22)25-2)16(15)18(23)26-3/h4-6,15H,7,21H2,1-3H3. The molecule has 9 heteroatoms. The number of rotatable bonds is 5. The average molecular weight is 393 g/mol. The lowest BCUT2D eigenvalue weighted by atomic mass is 9.82. The average Bonchev–Trinajstić information content (AvgIpc) is 2.66. The molecule has 142 valence electrons. The van der Waals surface area contributed by atoms with Crippen LogP contribution in [0.1, 0.15) is 17.9 Å². The summed E-state index contributed by atoms with van der Waals surface area (Å²) in [6.45, 7) is 0. The summed E-state index contributed by atoms with van der Waals surface area (Å²) < 4.78 is 20.0. The summed E-state index contributed by atoms with van der Waals surface area (Å²) in [4.78, 5) is 24.2. The SMILES string of the molecule is COC(=O)CC1=C(C(=O)OC)C(c2ccc(OC)c(Cl)c2)C(C#N)=C(N)O1. The zero-order valence-corrected chi connectivity index (χ0v) is 15.6. The Morgan fingerprint density at radius 3 is 2.52 bits per heavy atom. The summed E-state index contributed by atoms with van der Waals surface area (Å²) in [6.07, 6.45) is -0.360. The van der Waals surface area contributed by atoms with Crippen molar-refractivity contribution in [2.24, 2.45) is 5.73 Å². The van der Waals surface area contributed by atoms with Crippen molar-refractivity contribution in [3.05, 3.63) is 51.6 Å². The number of halogens is 1. The predicted octanol–water partition coefficient (Wildman–Crippen LogP) is 2.15. The monoisotopic (exact) mass is 392 g/mol. The Morgan fingerprint density at radius 2 is 2.00 bits per heavy atom. The Morgan fingerprint density at radius 1 is 1.30 bits per heavy atom. The molecule has 27 heavy (non-hydrogen) atoms.